The lowest BCUT2D eigenvalue weighted by atomic mass is 9.93. The molecule has 14 rings (SSSR count). The number of hydrogen-bond acceptors (Lipinski definition) is 35. The van der Waals surface area contributed by atoms with E-state index in [0.29, 0.717) is 16.7 Å². The molecule has 0 spiro atoms. The van der Waals surface area contributed by atoms with Gasteiger partial charge in [0.2, 0.25) is 0 Å². The Kier molecular flexibility index (Phi) is 20.6. The Labute approximate surface area is 609 Å². The Morgan fingerprint density at radius 2 is 0.495 bits per heavy atom. The molecule has 0 aromatic heterocycles. The van der Waals surface area contributed by atoms with E-state index in [2.05, 4.69) is 0 Å². The molecule has 4 aliphatic rings. The zero-order valence-corrected chi connectivity index (χ0v) is 55.4. The van der Waals surface area contributed by atoms with Gasteiger partial charge < -0.3 is 166 Å². The Balaban J connectivity index is 0.000000147. The summed E-state index contributed by atoms with van der Waals surface area (Å²) in [5, 5.41) is 262. The number of fused-ring (bicyclic) bond motifs is 4. The van der Waals surface area contributed by atoms with E-state index in [1.807, 2.05) is 0 Å². The standard InChI is InChI=1S/C22H18O11.C22H18O10.2C15H14O7/c23-10-5-12(24)11-7-18(33-22(31)9-3-15(27)20(30)16(28)4-9)21(32-17(11)6-10)8-1-13(25)19(29)14(26)2-8;23-11-6-14(25)12-8-19(32-22(30)10-4-16(27)20(29)17(28)5-10)21(31-18(12)7-11)9-1-2-13(24)15(26)3-9;2*16-7-3-9(17)8-5-12(20)15(22-13(8)4-7)6-1-10(18)14(21)11(19)2-6/h1-6,18,21,23-30H,7H2;1-7,19,21,23-29H,8H2;2*1-4,12,15-21H,5H2/t18-,21-;19-,21-;12-,15+;/m111./s1. The van der Waals surface area contributed by atoms with Gasteiger partial charge in [-0.1, -0.05) is 6.07 Å². The SMILES string of the molecule is O=C(O[C@@H]1Cc2c(O)cc(O)cc2O[C@@H]1c1cc(O)c(O)c(O)c1)c1cc(O)c(O)c(O)c1.O=C(O[C@@H]1Cc2c(O)cc(O)cc2O[C@@H]1c1ccc(O)c(O)c1)c1cc(O)c(O)c(O)c1.Oc1cc(O)c2c(c1)OC(c1cc(O)c(O)c(O)c1)C(O)C2.Oc1cc(O)c2c(c1)O[C@@H](c1cc(O)c(O)c(O)c1)[C@H](O)C2. The number of aromatic hydroxyl groups is 25. The van der Waals surface area contributed by atoms with Gasteiger partial charge in [-0.2, -0.15) is 0 Å². The smallest absolute Gasteiger partial charge is 0.338 e. The van der Waals surface area contributed by atoms with Crippen LogP contribution in [0.1, 0.15) is 89.6 Å². The van der Waals surface area contributed by atoms with Gasteiger partial charge in [-0.15, -0.1) is 0 Å². The summed E-state index contributed by atoms with van der Waals surface area (Å²) in [4.78, 5) is 25.4. The van der Waals surface area contributed by atoms with Crippen LogP contribution in [0, 0.1) is 0 Å². The third-order valence-corrected chi connectivity index (χ3v) is 17.4. The lowest BCUT2D eigenvalue weighted by Crippen LogP contribution is -2.34. The van der Waals surface area contributed by atoms with Crippen LogP contribution in [0.15, 0.2) is 127 Å². The second-order valence-electron chi connectivity index (χ2n) is 25.0. The van der Waals surface area contributed by atoms with Crippen molar-refractivity contribution >= 4 is 11.9 Å². The fraction of sp³-hybridized carbons (Fsp3) is 0.162. The maximum Gasteiger partial charge on any atom is 0.338 e. The summed E-state index contributed by atoms with van der Waals surface area (Å²) in [5.74, 6) is -14.4. The molecule has 27 N–H and O–H groups in total. The number of benzene rings is 10. The van der Waals surface area contributed by atoms with Gasteiger partial charge in [-0.25, -0.2) is 9.59 Å². The Morgan fingerprint density at radius 1 is 0.257 bits per heavy atom. The molecule has 0 radical (unpaired) electrons. The quantitative estimate of drug-likeness (QED) is 0.0525. The number of hydrogen-bond donors (Lipinski definition) is 27. The number of carbonyl (C=O) groups is 2. The summed E-state index contributed by atoms with van der Waals surface area (Å²) >= 11 is 0. The van der Waals surface area contributed by atoms with Crippen molar-refractivity contribution in [1.82, 2.24) is 0 Å². The van der Waals surface area contributed by atoms with Crippen molar-refractivity contribution in [2.45, 2.75) is 74.5 Å². The van der Waals surface area contributed by atoms with Crippen molar-refractivity contribution in [2.24, 2.45) is 0 Å². The second-order valence-corrected chi connectivity index (χ2v) is 25.0. The second kappa shape index (κ2) is 29.8. The van der Waals surface area contributed by atoms with Gasteiger partial charge >= 0.3 is 11.9 Å². The average Bonchev–Trinajstić information content (AvgIpc) is 0.789. The van der Waals surface area contributed by atoms with Crippen molar-refractivity contribution in [3.05, 3.63) is 183 Å². The van der Waals surface area contributed by atoms with Crippen LogP contribution >= 0.6 is 0 Å². The van der Waals surface area contributed by atoms with Gasteiger partial charge in [0.1, 0.15) is 81.2 Å². The van der Waals surface area contributed by atoms with Gasteiger partial charge in [-0.05, 0) is 72.8 Å². The van der Waals surface area contributed by atoms with Crippen molar-refractivity contribution in [1.29, 1.82) is 0 Å². The summed E-state index contributed by atoms with van der Waals surface area (Å²) < 4.78 is 33.8. The molecular formula is C74H64O35. The van der Waals surface area contributed by atoms with Gasteiger partial charge in [0, 0.05) is 119 Å². The molecule has 4 heterocycles. The Hall–Kier alpha value is -14.7. The molecule has 0 bridgehead atoms. The van der Waals surface area contributed by atoms with E-state index in [4.69, 9.17) is 28.4 Å². The predicted molar refractivity (Wildman–Crippen MR) is 365 cm³/mol. The molecule has 10 aromatic rings. The van der Waals surface area contributed by atoms with Gasteiger partial charge in [0.25, 0.3) is 0 Å². The summed E-state index contributed by atoms with van der Waals surface area (Å²) in [5.41, 5.74) is 1.50. The van der Waals surface area contributed by atoms with E-state index in [0.717, 1.165) is 84.9 Å². The van der Waals surface area contributed by atoms with E-state index in [9.17, 15) is 147 Å². The minimum atomic E-state index is -1.18. The highest BCUT2D eigenvalue weighted by molar-refractivity contribution is 5.92. The van der Waals surface area contributed by atoms with Crippen molar-refractivity contribution in [2.75, 3.05) is 0 Å². The molecule has 0 amide bonds. The fourth-order valence-electron chi connectivity index (χ4n) is 12.1. The van der Waals surface area contributed by atoms with Gasteiger partial charge in [0.05, 0.1) is 23.3 Å². The molecule has 35 nitrogen and oxygen atoms in total. The van der Waals surface area contributed by atoms with E-state index < -0.39 is 153 Å². The monoisotopic (exact) mass is 1510 g/mol. The van der Waals surface area contributed by atoms with Gasteiger partial charge in [-0.3, -0.25) is 0 Å². The Bertz CT molecular complexity index is 4990. The largest absolute Gasteiger partial charge is 0.508 e. The van der Waals surface area contributed by atoms with Crippen LogP contribution in [-0.2, 0) is 35.2 Å². The average molecular weight is 1510 g/mol. The third-order valence-electron chi connectivity index (χ3n) is 17.4. The topological polar surface area (TPSA) is 636 Å². The highest BCUT2D eigenvalue weighted by Crippen LogP contribution is 2.51. The molecule has 2 unspecified atom stereocenters. The number of aliphatic hydroxyl groups excluding tert-OH is 2. The van der Waals surface area contributed by atoms with Crippen LogP contribution < -0.4 is 18.9 Å². The molecule has 35 heteroatoms. The van der Waals surface area contributed by atoms with Crippen LogP contribution in [0.4, 0.5) is 0 Å². The fourth-order valence-corrected chi connectivity index (χ4v) is 12.1. The minimum absolute atomic E-state index is 0.0461. The molecule has 570 valence electrons. The third kappa shape index (κ3) is 15.7. The molecule has 10 aromatic carbocycles. The zero-order chi connectivity index (χ0) is 79.2. The molecule has 0 fully saturated rings. The maximum absolute atomic E-state index is 12.7. The first-order valence-corrected chi connectivity index (χ1v) is 31.8. The molecule has 0 saturated carbocycles. The van der Waals surface area contributed by atoms with Crippen LogP contribution in [-0.4, -0.2) is 174 Å². The van der Waals surface area contributed by atoms with Crippen LogP contribution in [0.2, 0.25) is 0 Å². The number of phenols is 25. The molecule has 109 heavy (non-hydrogen) atoms. The number of carbonyl (C=O) groups excluding carboxylic acids is 2. The molecule has 0 aliphatic carbocycles. The molecule has 0 saturated heterocycles. The van der Waals surface area contributed by atoms with E-state index in [1.165, 1.54) is 42.5 Å². The Morgan fingerprint density at radius 3 is 0.780 bits per heavy atom. The minimum Gasteiger partial charge on any atom is -0.508 e. The van der Waals surface area contributed by atoms with Crippen LogP contribution in [0.3, 0.4) is 0 Å². The van der Waals surface area contributed by atoms with E-state index >= 15 is 0 Å². The normalized spacial score (nSPS) is 18.4. The number of rotatable bonds is 8. The van der Waals surface area contributed by atoms with Crippen molar-refractivity contribution < 1.29 is 176 Å². The predicted octanol–water partition coefficient (Wildman–Crippen LogP) is 7.26. The van der Waals surface area contributed by atoms with Crippen molar-refractivity contribution in [3.63, 3.8) is 0 Å². The molecular weight excluding hydrogens is 1450 g/mol. The first-order chi connectivity index (χ1) is 51.4. The summed E-state index contributed by atoms with van der Waals surface area (Å²) in [6, 6.07) is 23.8. The number of aliphatic hydroxyl groups is 2. The lowest BCUT2D eigenvalue weighted by molar-refractivity contribution is -0.0192. The van der Waals surface area contributed by atoms with Crippen molar-refractivity contribution in [3.8, 4) is 167 Å². The number of ether oxygens (including phenoxy) is 6. The van der Waals surface area contributed by atoms with E-state index in [-0.39, 0.29) is 139 Å². The zero-order valence-electron chi connectivity index (χ0n) is 55.4. The highest BCUT2D eigenvalue weighted by Gasteiger charge is 2.41. The van der Waals surface area contributed by atoms with Crippen LogP contribution in [0.5, 0.6) is 167 Å². The summed E-state index contributed by atoms with van der Waals surface area (Å²) in [6.45, 7) is 0. The summed E-state index contributed by atoms with van der Waals surface area (Å²) in [6.07, 6.45) is -8.46. The molecule has 4 aliphatic heterocycles. The van der Waals surface area contributed by atoms with E-state index in [1.54, 1.807) is 0 Å². The number of esters is 2. The summed E-state index contributed by atoms with van der Waals surface area (Å²) in [7, 11) is 0. The molecule has 8 atom stereocenters. The first kappa shape index (κ1) is 75.4. The maximum atomic E-state index is 12.7. The lowest BCUT2D eigenvalue weighted by Gasteiger charge is -2.34. The van der Waals surface area contributed by atoms with Gasteiger partial charge in [0.15, 0.2) is 122 Å². The number of phenolic OH excluding ortho intramolecular Hbond substituents is 25. The highest BCUT2D eigenvalue weighted by atomic mass is 16.6. The van der Waals surface area contributed by atoms with Crippen LogP contribution in [0.25, 0.3) is 0 Å². The first-order valence-electron chi connectivity index (χ1n) is 31.8.